The summed E-state index contributed by atoms with van der Waals surface area (Å²) < 4.78 is 2.08. The van der Waals surface area contributed by atoms with Crippen LogP contribution in [0.5, 0.6) is 0 Å². The van der Waals surface area contributed by atoms with Crippen LogP contribution in [0.15, 0.2) is 55.3 Å². The number of nitrogens with zero attached hydrogens (tertiary/aromatic N) is 5. The second kappa shape index (κ2) is 6.85. The summed E-state index contributed by atoms with van der Waals surface area (Å²) >= 11 is 0. The molecule has 1 saturated heterocycles. The van der Waals surface area contributed by atoms with Gasteiger partial charge in [-0.3, -0.25) is 4.79 Å². The van der Waals surface area contributed by atoms with Crippen LogP contribution in [0.3, 0.4) is 0 Å². The van der Waals surface area contributed by atoms with Crippen LogP contribution in [0.25, 0.3) is 11.2 Å². The van der Waals surface area contributed by atoms with Gasteiger partial charge in [-0.1, -0.05) is 36.9 Å². The number of aromatic nitrogens is 3. The summed E-state index contributed by atoms with van der Waals surface area (Å²) in [7, 11) is 1.69. The second-order valence-corrected chi connectivity index (χ2v) is 6.68. The molecule has 1 aliphatic rings. The van der Waals surface area contributed by atoms with Crippen LogP contribution in [-0.4, -0.2) is 51.8 Å². The Morgan fingerprint density at radius 1 is 1.37 bits per heavy atom. The van der Waals surface area contributed by atoms with Crippen molar-refractivity contribution in [1.29, 1.82) is 0 Å². The number of imidazole rings is 1. The first-order valence-electron chi connectivity index (χ1n) is 8.80. The highest BCUT2D eigenvalue weighted by molar-refractivity contribution is 6.01. The standard InChI is InChI=1S/C20H21N5O2/c1-3-18(27)23(2)15-9-17-19(21-10-15)22-20(24-12-16(26)13-24)25(17)11-14-7-5-4-6-8-14/h3-10,16,26H,1,11-13H2,2H3. The molecule has 0 spiro atoms. The van der Waals surface area contributed by atoms with E-state index in [0.29, 0.717) is 31.0 Å². The first kappa shape index (κ1) is 17.2. The highest BCUT2D eigenvalue weighted by Crippen LogP contribution is 2.28. The lowest BCUT2D eigenvalue weighted by Crippen LogP contribution is -2.51. The van der Waals surface area contributed by atoms with Gasteiger partial charge in [-0.2, -0.15) is 4.98 Å². The van der Waals surface area contributed by atoms with Gasteiger partial charge in [0.2, 0.25) is 11.9 Å². The summed E-state index contributed by atoms with van der Waals surface area (Å²) in [5, 5.41) is 9.69. The number of anilines is 2. The first-order valence-corrected chi connectivity index (χ1v) is 8.80. The van der Waals surface area contributed by atoms with Crippen molar-refractivity contribution >= 4 is 28.7 Å². The molecule has 0 unspecified atom stereocenters. The molecule has 3 heterocycles. The Morgan fingerprint density at radius 2 is 2.11 bits per heavy atom. The smallest absolute Gasteiger partial charge is 0.250 e. The Bertz CT molecular complexity index is 992. The zero-order chi connectivity index (χ0) is 19.0. The molecule has 138 valence electrons. The molecule has 0 atom stereocenters. The van der Waals surface area contributed by atoms with Crippen LogP contribution in [0.2, 0.25) is 0 Å². The zero-order valence-electron chi connectivity index (χ0n) is 15.1. The Balaban J connectivity index is 1.80. The van der Waals surface area contributed by atoms with Gasteiger partial charge < -0.3 is 19.5 Å². The molecule has 1 aliphatic heterocycles. The molecular weight excluding hydrogens is 342 g/mol. The first-order chi connectivity index (χ1) is 13.1. The summed E-state index contributed by atoms with van der Waals surface area (Å²) in [5.74, 6) is 0.581. The number of aliphatic hydroxyl groups is 1. The number of carbonyl (C=O) groups is 1. The van der Waals surface area contributed by atoms with Crippen LogP contribution in [-0.2, 0) is 11.3 Å². The topological polar surface area (TPSA) is 74.5 Å². The predicted molar refractivity (Wildman–Crippen MR) is 105 cm³/mol. The van der Waals surface area contributed by atoms with Crippen molar-refractivity contribution in [2.75, 3.05) is 29.9 Å². The number of aliphatic hydroxyl groups excluding tert-OH is 1. The molecule has 1 aromatic carbocycles. The minimum absolute atomic E-state index is 0.198. The van der Waals surface area contributed by atoms with E-state index < -0.39 is 0 Å². The maximum atomic E-state index is 12.0. The molecule has 7 heteroatoms. The largest absolute Gasteiger partial charge is 0.389 e. The van der Waals surface area contributed by atoms with Crippen LogP contribution >= 0.6 is 0 Å². The number of carbonyl (C=O) groups excluding carboxylic acids is 1. The van der Waals surface area contributed by atoms with Crippen molar-refractivity contribution in [2.24, 2.45) is 0 Å². The molecule has 0 saturated carbocycles. The third-order valence-electron chi connectivity index (χ3n) is 4.79. The van der Waals surface area contributed by atoms with E-state index in [1.54, 1.807) is 13.2 Å². The van der Waals surface area contributed by atoms with Gasteiger partial charge in [0.25, 0.3) is 0 Å². The summed E-state index contributed by atoms with van der Waals surface area (Å²) in [6.45, 7) is 5.28. The molecule has 0 aliphatic carbocycles. The van der Waals surface area contributed by atoms with Crippen molar-refractivity contribution in [3.05, 3.63) is 60.8 Å². The van der Waals surface area contributed by atoms with E-state index in [0.717, 1.165) is 17.0 Å². The number of fused-ring (bicyclic) bond motifs is 1. The number of amides is 1. The summed E-state index contributed by atoms with van der Waals surface area (Å²) in [6.07, 6.45) is 2.59. The van der Waals surface area contributed by atoms with Gasteiger partial charge in [0.15, 0.2) is 5.65 Å². The lowest BCUT2D eigenvalue weighted by atomic mass is 10.2. The quantitative estimate of drug-likeness (QED) is 0.700. The van der Waals surface area contributed by atoms with Crippen molar-refractivity contribution in [3.63, 3.8) is 0 Å². The molecule has 2 aromatic heterocycles. The molecule has 4 rings (SSSR count). The Morgan fingerprint density at radius 3 is 2.78 bits per heavy atom. The van der Waals surface area contributed by atoms with Crippen LogP contribution in [0.4, 0.5) is 11.6 Å². The Labute approximate surface area is 157 Å². The van der Waals surface area contributed by atoms with Crippen molar-refractivity contribution in [3.8, 4) is 0 Å². The van der Waals surface area contributed by atoms with Gasteiger partial charge in [0.1, 0.15) is 0 Å². The van der Waals surface area contributed by atoms with Crippen molar-refractivity contribution in [2.45, 2.75) is 12.6 Å². The fourth-order valence-corrected chi connectivity index (χ4v) is 3.21. The highest BCUT2D eigenvalue weighted by atomic mass is 16.3. The van der Waals surface area contributed by atoms with E-state index in [9.17, 15) is 9.90 Å². The number of β-amino-alcohol motifs (C(OH)–C–C–N with tert-alkyl or cyclic N) is 1. The number of rotatable bonds is 5. The minimum atomic E-state index is -0.324. The molecule has 1 amide bonds. The third-order valence-corrected chi connectivity index (χ3v) is 4.79. The Hall–Kier alpha value is -3.19. The summed E-state index contributed by atoms with van der Waals surface area (Å²) in [6, 6.07) is 12.0. The van der Waals surface area contributed by atoms with Gasteiger partial charge in [-0.05, 0) is 17.7 Å². The molecule has 1 fully saturated rings. The van der Waals surface area contributed by atoms with E-state index in [-0.39, 0.29) is 12.0 Å². The van der Waals surface area contributed by atoms with E-state index >= 15 is 0 Å². The Kier molecular flexibility index (Phi) is 4.37. The van der Waals surface area contributed by atoms with Crippen LogP contribution in [0, 0.1) is 0 Å². The van der Waals surface area contributed by atoms with Gasteiger partial charge in [0, 0.05) is 20.1 Å². The van der Waals surface area contributed by atoms with E-state index in [4.69, 9.17) is 0 Å². The van der Waals surface area contributed by atoms with Gasteiger partial charge in [-0.15, -0.1) is 0 Å². The highest BCUT2D eigenvalue weighted by Gasteiger charge is 2.29. The van der Waals surface area contributed by atoms with Gasteiger partial charge in [-0.25, -0.2) is 4.98 Å². The molecule has 3 aromatic rings. The predicted octanol–water partition coefficient (Wildman–Crippen LogP) is 1.81. The lowest BCUT2D eigenvalue weighted by molar-refractivity contribution is -0.113. The average Bonchev–Trinajstić information content (AvgIpc) is 3.02. The van der Waals surface area contributed by atoms with Crippen molar-refractivity contribution < 1.29 is 9.90 Å². The van der Waals surface area contributed by atoms with Gasteiger partial charge in [0.05, 0.1) is 30.0 Å². The van der Waals surface area contributed by atoms with Crippen molar-refractivity contribution in [1.82, 2.24) is 14.5 Å². The SMILES string of the molecule is C=CC(=O)N(C)c1cnc2nc(N3CC(O)C3)n(Cc3ccccc3)c2c1. The minimum Gasteiger partial charge on any atom is -0.389 e. The number of hydrogen-bond donors (Lipinski definition) is 1. The molecule has 0 bridgehead atoms. The molecular formula is C20H21N5O2. The van der Waals surface area contributed by atoms with Crippen LogP contribution in [0.1, 0.15) is 5.56 Å². The summed E-state index contributed by atoms with van der Waals surface area (Å²) in [4.78, 5) is 24.6. The number of pyridine rings is 1. The lowest BCUT2D eigenvalue weighted by Gasteiger charge is -2.36. The van der Waals surface area contributed by atoms with Crippen LogP contribution < -0.4 is 9.80 Å². The maximum Gasteiger partial charge on any atom is 0.250 e. The summed E-state index contributed by atoms with van der Waals surface area (Å²) in [5.41, 5.74) is 3.28. The third kappa shape index (κ3) is 3.17. The zero-order valence-corrected chi connectivity index (χ0v) is 15.1. The van der Waals surface area contributed by atoms with E-state index in [2.05, 4.69) is 33.2 Å². The molecule has 1 N–H and O–H groups in total. The molecule has 0 radical (unpaired) electrons. The van der Waals surface area contributed by atoms with E-state index in [1.807, 2.05) is 29.2 Å². The fraction of sp³-hybridized carbons (Fsp3) is 0.250. The second-order valence-electron chi connectivity index (χ2n) is 6.68. The number of benzene rings is 1. The fourth-order valence-electron chi connectivity index (χ4n) is 3.21. The molecule has 7 nitrogen and oxygen atoms in total. The average molecular weight is 363 g/mol. The normalized spacial score (nSPS) is 14.2. The number of hydrogen-bond acceptors (Lipinski definition) is 5. The monoisotopic (exact) mass is 363 g/mol. The van der Waals surface area contributed by atoms with Gasteiger partial charge >= 0.3 is 0 Å². The molecule has 27 heavy (non-hydrogen) atoms. The number of likely N-dealkylation sites (N-methyl/N-ethyl adjacent to an activating group) is 1. The van der Waals surface area contributed by atoms with E-state index in [1.165, 1.54) is 11.0 Å². The maximum absolute atomic E-state index is 12.0.